The first-order chi connectivity index (χ1) is 10.4. The summed E-state index contributed by atoms with van der Waals surface area (Å²) in [4.78, 5) is 8.47. The van der Waals surface area contributed by atoms with Crippen molar-refractivity contribution in [3.63, 3.8) is 0 Å². The second kappa shape index (κ2) is 9.16. The minimum Gasteiger partial charge on any atom is -0.357 e. The maximum absolute atomic E-state index is 4.77. The van der Waals surface area contributed by atoms with Gasteiger partial charge in [0.25, 0.3) is 0 Å². The summed E-state index contributed by atoms with van der Waals surface area (Å²) < 4.78 is 0. The third-order valence-electron chi connectivity index (χ3n) is 3.80. The van der Waals surface area contributed by atoms with Gasteiger partial charge in [-0.3, -0.25) is 4.99 Å². The number of nitrogens with zero attached hydrogens (tertiary/aromatic N) is 2. The van der Waals surface area contributed by atoms with Gasteiger partial charge in [-0.2, -0.15) is 0 Å². The summed E-state index contributed by atoms with van der Waals surface area (Å²) in [6, 6.07) is 4.87. The summed E-state index contributed by atoms with van der Waals surface area (Å²) in [6.07, 6.45) is 0. The molecule has 126 valence electrons. The molecule has 22 heavy (non-hydrogen) atoms. The van der Waals surface area contributed by atoms with E-state index in [-0.39, 0.29) is 5.41 Å². The van der Waals surface area contributed by atoms with Crippen molar-refractivity contribution < 1.29 is 0 Å². The number of hydrogen-bond donors (Lipinski definition) is 2. The lowest BCUT2D eigenvalue weighted by atomic mass is 9.92. The molecule has 0 atom stereocenters. The molecule has 0 aliphatic rings. The van der Waals surface area contributed by atoms with Gasteiger partial charge in [0.15, 0.2) is 5.96 Å². The van der Waals surface area contributed by atoms with E-state index in [1.54, 1.807) is 11.3 Å². The molecule has 1 heterocycles. The average Bonchev–Trinajstić information content (AvgIpc) is 2.99. The van der Waals surface area contributed by atoms with Crippen LogP contribution >= 0.6 is 11.3 Å². The van der Waals surface area contributed by atoms with Gasteiger partial charge in [-0.1, -0.05) is 19.9 Å². The highest BCUT2D eigenvalue weighted by Crippen LogP contribution is 2.27. The van der Waals surface area contributed by atoms with Crippen molar-refractivity contribution in [1.29, 1.82) is 0 Å². The molecule has 0 aliphatic carbocycles. The van der Waals surface area contributed by atoms with Crippen molar-refractivity contribution in [1.82, 2.24) is 15.5 Å². The molecule has 2 N–H and O–H groups in total. The maximum Gasteiger partial charge on any atom is 0.191 e. The van der Waals surface area contributed by atoms with Gasteiger partial charge in [-0.15, -0.1) is 11.3 Å². The third-order valence-corrected chi connectivity index (χ3v) is 5.04. The van der Waals surface area contributed by atoms with E-state index in [0.717, 1.165) is 32.1 Å². The monoisotopic (exact) mass is 324 g/mol. The van der Waals surface area contributed by atoms with Gasteiger partial charge in [-0.25, -0.2) is 0 Å². The molecule has 1 aromatic heterocycles. The normalized spacial score (nSPS) is 13.0. The topological polar surface area (TPSA) is 39.7 Å². The predicted molar refractivity (Wildman–Crippen MR) is 99.1 cm³/mol. The van der Waals surface area contributed by atoms with Crippen LogP contribution in [0, 0.1) is 0 Å². The second-order valence-corrected chi connectivity index (χ2v) is 7.51. The lowest BCUT2D eigenvalue weighted by Crippen LogP contribution is -2.42. The Kier molecular flexibility index (Phi) is 7.90. The lowest BCUT2D eigenvalue weighted by Gasteiger charge is -2.23. The summed E-state index contributed by atoms with van der Waals surface area (Å²) in [7, 11) is 2.15. The molecule has 0 radical (unpaired) electrons. The van der Waals surface area contributed by atoms with E-state index in [2.05, 4.69) is 74.7 Å². The van der Waals surface area contributed by atoms with E-state index in [9.17, 15) is 0 Å². The van der Waals surface area contributed by atoms with Gasteiger partial charge < -0.3 is 15.5 Å². The van der Waals surface area contributed by atoms with Crippen LogP contribution in [0.2, 0.25) is 0 Å². The molecule has 5 heteroatoms. The molecule has 0 fully saturated rings. The van der Waals surface area contributed by atoms with E-state index < -0.39 is 0 Å². The van der Waals surface area contributed by atoms with E-state index in [0.29, 0.717) is 6.04 Å². The number of aliphatic imine (C=N–C) groups is 1. The zero-order chi connectivity index (χ0) is 16.6. The van der Waals surface area contributed by atoms with E-state index >= 15 is 0 Å². The molecule has 0 saturated heterocycles. The Balaban J connectivity index is 2.55. The fourth-order valence-corrected chi connectivity index (χ4v) is 2.81. The summed E-state index contributed by atoms with van der Waals surface area (Å²) in [6.45, 7) is 14.6. The van der Waals surface area contributed by atoms with Crippen LogP contribution in [0.15, 0.2) is 22.5 Å². The molecule has 0 bridgehead atoms. The first-order valence-corrected chi connectivity index (χ1v) is 9.01. The van der Waals surface area contributed by atoms with Crippen LogP contribution in [0.5, 0.6) is 0 Å². The highest BCUT2D eigenvalue weighted by molar-refractivity contribution is 7.10. The van der Waals surface area contributed by atoms with Gasteiger partial charge in [-0.05, 0) is 39.3 Å². The largest absolute Gasteiger partial charge is 0.357 e. The van der Waals surface area contributed by atoms with Gasteiger partial charge >= 0.3 is 0 Å². The molecule has 0 unspecified atom stereocenters. The minimum absolute atomic E-state index is 0.0746. The smallest absolute Gasteiger partial charge is 0.191 e. The van der Waals surface area contributed by atoms with E-state index in [1.165, 1.54) is 4.88 Å². The molecular formula is C17H32N4S. The Morgan fingerprint density at radius 3 is 2.64 bits per heavy atom. The van der Waals surface area contributed by atoms with Crippen molar-refractivity contribution in [2.75, 3.05) is 33.2 Å². The Morgan fingerprint density at radius 1 is 1.36 bits per heavy atom. The molecule has 1 rings (SSSR count). The second-order valence-electron chi connectivity index (χ2n) is 6.56. The number of nitrogens with one attached hydrogen (secondary N) is 2. The Hall–Kier alpha value is -1.07. The first kappa shape index (κ1) is 19.0. The van der Waals surface area contributed by atoms with Crippen LogP contribution in [0.1, 0.15) is 39.5 Å². The number of likely N-dealkylation sites (N-methyl/N-ethyl adjacent to an activating group) is 1. The Bertz CT molecular complexity index is 438. The first-order valence-electron chi connectivity index (χ1n) is 8.13. The lowest BCUT2D eigenvalue weighted by molar-refractivity contribution is 0.278. The quantitative estimate of drug-likeness (QED) is 0.570. The number of thiophene rings is 1. The summed E-state index contributed by atoms with van der Waals surface area (Å²) in [5.41, 5.74) is 0.0746. The average molecular weight is 325 g/mol. The molecule has 0 aliphatic heterocycles. The van der Waals surface area contributed by atoms with Crippen LogP contribution in [-0.4, -0.2) is 50.1 Å². The zero-order valence-corrected chi connectivity index (χ0v) is 15.8. The molecule has 4 nitrogen and oxygen atoms in total. The molecule has 0 saturated carbocycles. The highest BCUT2D eigenvalue weighted by Gasteiger charge is 2.21. The summed E-state index contributed by atoms with van der Waals surface area (Å²) >= 11 is 1.80. The zero-order valence-electron chi connectivity index (χ0n) is 14.9. The predicted octanol–water partition coefficient (Wildman–Crippen LogP) is 2.92. The number of rotatable bonds is 8. The summed E-state index contributed by atoms with van der Waals surface area (Å²) in [5, 5.41) is 8.88. The van der Waals surface area contributed by atoms with Crippen LogP contribution in [0.25, 0.3) is 0 Å². The third kappa shape index (κ3) is 6.36. The van der Waals surface area contributed by atoms with E-state index in [1.807, 2.05) is 0 Å². The summed E-state index contributed by atoms with van der Waals surface area (Å²) in [5.74, 6) is 0.907. The molecule has 1 aromatic rings. The van der Waals surface area contributed by atoms with Crippen molar-refractivity contribution >= 4 is 17.3 Å². The minimum atomic E-state index is 0.0746. The molecule has 0 amide bonds. The Labute approximate surface area is 140 Å². The molecule has 0 spiro atoms. The van der Waals surface area contributed by atoms with Crippen LogP contribution < -0.4 is 10.6 Å². The fraction of sp³-hybridized carbons (Fsp3) is 0.706. The molecular weight excluding hydrogens is 292 g/mol. The van der Waals surface area contributed by atoms with Crippen LogP contribution in [0.4, 0.5) is 0 Å². The Morgan fingerprint density at radius 2 is 2.09 bits per heavy atom. The van der Waals surface area contributed by atoms with Gasteiger partial charge in [0.1, 0.15) is 0 Å². The van der Waals surface area contributed by atoms with Crippen LogP contribution in [-0.2, 0) is 5.41 Å². The maximum atomic E-state index is 4.77. The fourth-order valence-electron chi connectivity index (χ4n) is 1.97. The van der Waals surface area contributed by atoms with Gasteiger partial charge in [0, 0.05) is 36.0 Å². The van der Waals surface area contributed by atoms with Crippen molar-refractivity contribution in [3.8, 4) is 0 Å². The van der Waals surface area contributed by atoms with Gasteiger partial charge in [0.05, 0.1) is 6.54 Å². The van der Waals surface area contributed by atoms with Crippen LogP contribution in [0.3, 0.4) is 0 Å². The van der Waals surface area contributed by atoms with Crippen molar-refractivity contribution in [3.05, 3.63) is 22.4 Å². The molecule has 0 aromatic carbocycles. The number of guanidine groups is 1. The standard InChI is InChI=1S/C17H32N4S/c1-7-18-16(19-10-11-21(6)14(2)3)20-13-17(4,5)15-9-8-12-22-15/h8-9,12,14H,7,10-11,13H2,1-6H3,(H2,18,19,20). The SMILES string of the molecule is CCNC(=NCC(C)(C)c1cccs1)NCCN(C)C(C)C. The van der Waals surface area contributed by atoms with Gasteiger partial charge in [0.2, 0.25) is 0 Å². The highest BCUT2D eigenvalue weighted by atomic mass is 32.1. The number of hydrogen-bond acceptors (Lipinski definition) is 3. The van der Waals surface area contributed by atoms with E-state index in [4.69, 9.17) is 4.99 Å². The van der Waals surface area contributed by atoms with Crippen molar-refractivity contribution in [2.24, 2.45) is 4.99 Å². The van der Waals surface area contributed by atoms with Crippen molar-refractivity contribution in [2.45, 2.75) is 46.1 Å².